The van der Waals surface area contributed by atoms with Crippen molar-refractivity contribution in [2.75, 3.05) is 5.32 Å². The molecule has 5 heteroatoms. The summed E-state index contributed by atoms with van der Waals surface area (Å²) in [6.45, 7) is 5.78. The van der Waals surface area contributed by atoms with Gasteiger partial charge in [0.1, 0.15) is 5.84 Å². The summed E-state index contributed by atoms with van der Waals surface area (Å²) in [5, 5.41) is 21.5. The van der Waals surface area contributed by atoms with Crippen LogP contribution in [0.1, 0.15) is 31.5 Å². The molecule has 0 saturated heterocycles. The largest absolute Gasteiger partial charge is 0.409 e. The van der Waals surface area contributed by atoms with Gasteiger partial charge in [-0.3, -0.25) is 5.10 Å². The van der Waals surface area contributed by atoms with E-state index in [1.807, 2.05) is 6.92 Å². The Hall–Kier alpha value is -1.52. The number of amidine groups is 1. The van der Waals surface area contributed by atoms with Crippen LogP contribution >= 0.6 is 0 Å². The number of nitrogens with zero attached hydrogens (tertiary/aromatic N) is 2. The summed E-state index contributed by atoms with van der Waals surface area (Å²) in [7, 11) is 0. The zero-order chi connectivity index (χ0) is 10.6. The first-order chi connectivity index (χ1) is 6.69. The molecule has 0 bridgehead atoms. The smallest absolute Gasteiger partial charge is 0.156 e. The van der Waals surface area contributed by atoms with Crippen molar-refractivity contribution >= 4 is 11.7 Å². The van der Waals surface area contributed by atoms with Crippen LogP contribution in [0.4, 0.5) is 5.82 Å². The summed E-state index contributed by atoms with van der Waals surface area (Å²) in [5.74, 6) is 1.16. The van der Waals surface area contributed by atoms with Gasteiger partial charge in [0.25, 0.3) is 0 Å². The highest BCUT2D eigenvalue weighted by Gasteiger charge is 2.08. The second-order valence-electron chi connectivity index (χ2n) is 3.24. The highest BCUT2D eigenvalue weighted by molar-refractivity contribution is 5.92. The van der Waals surface area contributed by atoms with E-state index in [2.05, 4.69) is 27.6 Å². The molecule has 3 N–H and O–H groups in total. The monoisotopic (exact) mass is 196 g/mol. The highest BCUT2D eigenvalue weighted by Crippen LogP contribution is 2.16. The number of H-pyrrole nitrogens is 1. The lowest BCUT2D eigenvalue weighted by atomic mass is 10.2. The van der Waals surface area contributed by atoms with Crippen molar-refractivity contribution in [2.24, 2.45) is 5.16 Å². The minimum atomic E-state index is 0.433. The minimum absolute atomic E-state index is 0.433. The van der Waals surface area contributed by atoms with E-state index in [0.29, 0.717) is 5.84 Å². The molecule has 0 aliphatic carbocycles. The van der Waals surface area contributed by atoms with Crippen LogP contribution in [0.5, 0.6) is 0 Å². The van der Waals surface area contributed by atoms with E-state index in [9.17, 15) is 0 Å². The second-order valence-corrected chi connectivity index (χ2v) is 3.24. The Kier molecular flexibility index (Phi) is 3.50. The molecule has 1 aromatic rings. The molecule has 0 aromatic carbocycles. The van der Waals surface area contributed by atoms with Crippen LogP contribution in [0.15, 0.2) is 5.16 Å². The van der Waals surface area contributed by atoms with Crippen LogP contribution in [0.25, 0.3) is 0 Å². The molecule has 0 fully saturated rings. The number of aromatic nitrogens is 2. The quantitative estimate of drug-likeness (QED) is 0.299. The SMILES string of the molecule is CCCc1[nH]nc(NC(C)=NO)c1C. The molecule has 0 unspecified atom stereocenters. The van der Waals surface area contributed by atoms with Crippen LogP contribution in [0, 0.1) is 6.92 Å². The normalized spacial score (nSPS) is 11.8. The van der Waals surface area contributed by atoms with Crippen molar-refractivity contribution in [3.63, 3.8) is 0 Å². The lowest BCUT2D eigenvalue weighted by molar-refractivity contribution is 0.318. The van der Waals surface area contributed by atoms with Crippen molar-refractivity contribution in [2.45, 2.75) is 33.6 Å². The Morgan fingerprint density at radius 2 is 2.36 bits per heavy atom. The Bertz CT molecular complexity index is 330. The first kappa shape index (κ1) is 10.6. The second kappa shape index (κ2) is 4.64. The van der Waals surface area contributed by atoms with Gasteiger partial charge in [0.2, 0.25) is 0 Å². The number of anilines is 1. The van der Waals surface area contributed by atoms with E-state index in [1.165, 1.54) is 0 Å². The van der Waals surface area contributed by atoms with Gasteiger partial charge in [0.15, 0.2) is 5.82 Å². The summed E-state index contributed by atoms with van der Waals surface area (Å²) < 4.78 is 0. The molecule has 1 aromatic heterocycles. The summed E-state index contributed by atoms with van der Waals surface area (Å²) >= 11 is 0. The van der Waals surface area contributed by atoms with Crippen LogP contribution in [0.2, 0.25) is 0 Å². The third-order valence-electron chi connectivity index (χ3n) is 2.06. The van der Waals surface area contributed by atoms with Gasteiger partial charge in [-0.15, -0.1) is 0 Å². The molecule has 1 rings (SSSR count). The average molecular weight is 196 g/mol. The molecule has 0 spiro atoms. The number of nitrogens with one attached hydrogen (secondary N) is 2. The Labute approximate surface area is 83.2 Å². The van der Waals surface area contributed by atoms with Gasteiger partial charge < -0.3 is 10.5 Å². The Morgan fingerprint density at radius 3 is 2.93 bits per heavy atom. The molecule has 1 heterocycles. The van der Waals surface area contributed by atoms with Crippen molar-refractivity contribution < 1.29 is 5.21 Å². The number of rotatable bonds is 3. The Morgan fingerprint density at radius 1 is 1.64 bits per heavy atom. The predicted molar refractivity (Wildman–Crippen MR) is 55.8 cm³/mol. The fourth-order valence-electron chi connectivity index (χ4n) is 1.25. The van der Waals surface area contributed by atoms with Crippen LogP contribution in [-0.2, 0) is 6.42 Å². The van der Waals surface area contributed by atoms with Gasteiger partial charge >= 0.3 is 0 Å². The lowest BCUT2D eigenvalue weighted by Gasteiger charge is -2.00. The average Bonchev–Trinajstić information content (AvgIpc) is 2.50. The lowest BCUT2D eigenvalue weighted by Crippen LogP contribution is -2.08. The maximum Gasteiger partial charge on any atom is 0.156 e. The van der Waals surface area contributed by atoms with Crippen LogP contribution in [-0.4, -0.2) is 21.2 Å². The fraction of sp³-hybridized carbons (Fsp3) is 0.556. The van der Waals surface area contributed by atoms with Gasteiger partial charge in [-0.2, -0.15) is 5.10 Å². The van der Waals surface area contributed by atoms with Gasteiger partial charge in [0.05, 0.1) is 0 Å². The predicted octanol–water partition coefficient (Wildman–Crippen LogP) is 1.89. The number of aryl methyl sites for hydroxylation is 1. The standard InChI is InChI=1S/C9H16N4O/c1-4-5-8-6(2)9(12-11-8)10-7(3)13-14/h14H,4-5H2,1-3H3,(H2,10,11,12,13). The topological polar surface area (TPSA) is 73.3 Å². The number of aromatic amines is 1. The highest BCUT2D eigenvalue weighted by atomic mass is 16.4. The van der Waals surface area contributed by atoms with Crippen molar-refractivity contribution in [1.29, 1.82) is 0 Å². The molecule has 0 aliphatic rings. The molecule has 0 amide bonds. The molecule has 78 valence electrons. The van der Waals surface area contributed by atoms with E-state index in [0.717, 1.165) is 29.9 Å². The van der Waals surface area contributed by atoms with Crippen LogP contribution in [0.3, 0.4) is 0 Å². The molecular formula is C9H16N4O. The van der Waals surface area contributed by atoms with E-state index in [4.69, 9.17) is 5.21 Å². The third-order valence-corrected chi connectivity index (χ3v) is 2.06. The zero-order valence-corrected chi connectivity index (χ0v) is 8.76. The maximum atomic E-state index is 8.48. The molecule has 5 nitrogen and oxygen atoms in total. The fourth-order valence-corrected chi connectivity index (χ4v) is 1.25. The molecule has 14 heavy (non-hydrogen) atoms. The first-order valence-electron chi connectivity index (χ1n) is 4.68. The summed E-state index contributed by atoms with van der Waals surface area (Å²) in [4.78, 5) is 0. The summed E-state index contributed by atoms with van der Waals surface area (Å²) in [6, 6.07) is 0. The number of hydrogen-bond donors (Lipinski definition) is 3. The van der Waals surface area contributed by atoms with Gasteiger partial charge in [-0.25, -0.2) is 0 Å². The summed E-state index contributed by atoms with van der Waals surface area (Å²) in [6.07, 6.45) is 2.06. The van der Waals surface area contributed by atoms with E-state index in [-0.39, 0.29) is 0 Å². The summed E-state index contributed by atoms with van der Waals surface area (Å²) in [5.41, 5.74) is 2.20. The van der Waals surface area contributed by atoms with E-state index in [1.54, 1.807) is 6.92 Å². The van der Waals surface area contributed by atoms with Gasteiger partial charge in [-0.1, -0.05) is 18.5 Å². The van der Waals surface area contributed by atoms with Crippen molar-refractivity contribution in [1.82, 2.24) is 10.2 Å². The molecule has 0 saturated carbocycles. The van der Waals surface area contributed by atoms with Crippen LogP contribution < -0.4 is 5.32 Å². The zero-order valence-electron chi connectivity index (χ0n) is 8.76. The van der Waals surface area contributed by atoms with Crippen molar-refractivity contribution in [3.05, 3.63) is 11.3 Å². The third kappa shape index (κ3) is 2.25. The first-order valence-corrected chi connectivity index (χ1v) is 4.68. The molecule has 0 atom stereocenters. The van der Waals surface area contributed by atoms with E-state index < -0.39 is 0 Å². The maximum absolute atomic E-state index is 8.48. The molecule has 0 aliphatic heterocycles. The Balaban J connectivity index is 2.79. The number of oxime groups is 1. The minimum Gasteiger partial charge on any atom is -0.409 e. The van der Waals surface area contributed by atoms with Crippen molar-refractivity contribution in [3.8, 4) is 0 Å². The van der Waals surface area contributed by atoms with Gasteiger partial charge in [0, 0.05) is 11.3 Å². The van der Waals surface area contributed by atoms with E-state index >= 15 is 0 Å². The number of hydrogen-bond acceptors (Lipinski definition) is 3. The van der Waals surface area contributed by atoms with Gasteiger partial charge in [-0.05, 0) is 20.3 Å². The molecule has 0 radical (unpaired) electrons. The molecular weight excluding hydrogens is 180 g/mol.